The number of carbonyl (C=O) groups is 2. The Bertz CT molecular complexity index is 1860. The highest BCUT2D eigenvalue weighted by molar-refractivity contribution is 8.00. The zero-order valence-electron chi connectivity index (χ0n) is 24.5. The monoisotopic (exact) mass is 625 g/mol. The second-order valence-corrected chi connectivity index (χ2v) is 13.1. The van der Waals surface area contributed by atoms with Crippen molar-refractivity contribution in [1.82, 2.24) is 19.6 Å². The van der Waals surface area contributed by atoms with E-state index in [1.807, 2.05) is 72.8 Å². The maximum atomic E-state index is 13.8. The number of anilines is 1. The van der Waals surface area contributed by atoms with Crippen LogP contribution in [-0.2, 0) is 15.3 Å². The lowest BCUT2D eigenvalue weighted by Crippen LogP contribution is -2.29. The van der Waals surface area contributed by atoms with Crippen LogP contribution in [0.1, 0.15) is 48.8 Å². The predicted molar refractivity (Wildman–Crippen MR) is 172 cm³/mol. The van der Waals surface area contributed by atoms with Gasteiger partial charge in [0.25, 0.3) is 5.78 Å². The number of fused-ring (bicyclic) bond motifs is 1. The molecule has 0 aliphatic carbocycles. The van der Waals surface area contributed by atoms with E-state index in [-0.39, 0.29) is 16.5 Å². The Morgan fingerprint density at radius 1 is 1.05 bits per heavy atom. The van der Waals surface area contributed by atoms with Crippen LogP contribution in [0, 0.1) is 12.8 Å². The van der Waals surface area contributed by atoms with Crippen molar-refractivity contribution in [3.63, 3.8) is 0 Å². The largest absolute Gasteiger partial charge is 0.505 e. The molecule has 1 saturated heterocycles. The molecule has 1 N–H and O–H groups in total. The van der Waals surface area contributed by atoms with Crippen molar-refractivity contribution >= 4 is 51.3 Å². The summed E-state index contributed by atoms with van der Waals surface area (Å²) in [5.41, 5.74) is 3.18. The molecule has 9 nitrogen and oxygen atoms in total. The SMILES string of the molecule is Cc1nc2ccccn2c1C(O)=C1C(=O)C(=O)N(c2nnc(SCc3ccccc3)s2)C1c1cccc(OCCC(C)C)c1. The van der Waals surface area contributed by atoms with E-state index in [2.05, 4.69) is 29.0 Å². The zero-order chi connectivity index (χ0) is 30.8. The molecule has 11 heteroatoms. The number of aromatic nitrogens is 4. The summed E-state index contributed by atoms with van der Waals surface area (Å²) < 4.78 is 8.40. The Morgan fingerprint density at radius 3 is 2.64 bits per heavy atom. The van der Waals surface area contributed by atoms with Crippen LogP contribution in [0.5, 0.6) is 5.75 Å². The number of nitrogens with zero attached hydrogens (tertiary/aromatic N) is 5. The van der Waals surface area contributed by atoms with E-state index in [1.165, 1.54) is 28.0 Å². The van der Waals surface area contributed by atoms with Crippen LogP contribution in [0.25, 0.3) is 11.4 Å². The highest BCUT2D eigenvalue weighted by atomic mass is 32.2. The number of rotatable bonds is 10. The second-order valence-electron chi connectivity index (χ2n) is 10.9. The molecule has 6 rings (SSSR count). The number of ether oxygens (including phenoxy) is 1. The van der Waals surface area contributed by atoms with Crippen LogP contribution < -0.4 is 9.64 Å². The average molecular weight is 626 g/mol. The number of ketones is 1. The molecule has 1 fully saturated rings. The molecule has 0 bridgehead atoms. The summed E-state index contributed by atoms with van der Waals surface area (Å²) in [7, 11) is 0. The third-order valence-electron chi connectivity index (χ3n) is 7.32. The first-order valence-electron chi connectivity index (χ1n) is 14.3. The Hall–Kier alpha value is -4.48. The first kappa shape index (κ1) is 29.6. The Kier molecular flexibility index (Phi) is 8.49. The summed E-state index contributed by atoms with van der Waals surface area (Å²) in [5.74, 6) is -0.133. The van der Waals surface area contributed by atoms with Crippen molar-refractivity contribution in [2.75, 3.05) is 11.5 Å². The number of amides is 1. The van der Waals surface area contributed by atoms with Crippen molar-refractivity contribution in [1.29, 1.82) is 0 Å². The molecule has 0 radical (unpaired) electrons. The van der Waals surface area contributed by atoms with Gasteiger partial charge in [-0.2, -0.15) is 0 Å². The molecule has 3 aromatic heterocycles. The van der Waals surface area contributed by atoms with Gasteiger partial charge >= 0.3 is 5.91 Å². The van der Waals surface area contributed by atoms with Crippen molar-refractivity contribution in [2.45, 2.75) is 43.3 Å². The van der Waals surface area contributed by atoms with Gasteiger partial charge < -0.3 is 9.84 Å². The van der Waals surface area contributed by atoms with Gasteiger partial charge in [0.2, 0.25) is 5.13 Å². The van der Waals surface area contributed by atoms with Crippen LogP contribution in [0.2, 0.25) is 0 Å². The number of thioether (sulfide) groups is 1. The fourth-order valence-corrected chi connectivity index (χ4v) is 6.96. The molecule has 0 spiro atoms. The number of aryl methyl sites for hydroxylation is 1. The smallest absolute Gasteiger partial charge is 0.301 e. The Morgan fingerprint density at radius 2 is 1.84 bits per heavy atom. The van der Waals surface area contributed by atoms with Crippen molar-refractivity contribution in [2.24, 2.45) is 5.92 Å². The molecular formula is C33H31N5O4S2. The number of aliphatic hydroxyl groups excluding tert-OH is 1. The molecule has 224 valence electrons. The minimum absolute atomic E-state index is 0.0447. The van der Waals surface area contributed by atoms with Crippen LogP contribution >= 0.6 is 23.1 Å². The van der Waals surface area contributed by atoms with E-state index in [4.69, 9.17) is 4.74 Å². The van der Waals surface area contributed by atoms with Gasteiger partial charge in [-0.15, -0.1) is 10.2 Å². The molecule has 1 aliphatic heterocycles. The van der Waals surface area contributed by atoms with Crippen molar-refractivity contribution in [3.8, 4) is 5.75 Å². The van der Waals surface area contributed by atoms with Gasteiger partial charge in [0.15, 0.2) is 10.1 Å². The normalized spacial score (nSPS) is 16.4. The van der Waals surface area contributed by atoms with Crippen LogP contribution in [-0.4, -0.2) is 43.0 Å². The second kappa shape index (κ2) is 12.6. The lowest BCUT2D eigenvalue weighted by molar-refractivity contribution is -0.132. The lowest BCUT2D eigenvalue weighted by atomic mass is 9.96. The summed E-state index contributed by atoms with van der Waals surface area (Å²) in [6.07, 6.45) is 2.64. The quantitative estimate of drug-likeness (QED) is 0.0591. The van der Waals surface area contributed by atoms with Gasteiger partial charge in [-0.05, 0) is 54.7 Å². The maximum absolute atomic E-state index is 13.8. The van der Waals surface area contributed by atoms with Crippen molar-refractivity contribution < 1.29 is 19.4 Å². The number of pyridine rings is 1. The number of aliphatic hydroxyl groups is 1. The Balaban J connectivity index is 1.43. The number of imidazole rings is 1. The summed E-state index contributed by atoms with van der Waals surface area (Å²) >= 11 is 2.74. The predicted octanol–water partition coefficient (Wildman–Crippen LogP) is 6.84. The van der Waals surface area contributed by atoms with E-state index < -0.39 is 17.7 Å². The maximum Gasteiger partial charge on any atom is 0.301 e. The van der Waals surface area contributed by atoms with Gasteiger partial charge in [-0.1, -0.05) is 85.5 Å². The van der Waals surface area contributed by atoms with Gasteiger partial charge in [-0.25, -0.2) is 4.98 Å². The van der Waals surface area contributed by atoms with Crippen LogP contribution in [0.15, 0.2) is 88.9 Å². The van der Waals surface area contributed by atoms with Gasteiger partial charge in [0.1, 0.15) is 17.1 Å². The van der Waals surface area contributed by atoms with Gasteiger partial charge in [0.05, 0.1) is 23.9 Å². The van der Waals surface area contributed by atoms with Gasteiger partial charge in [0, 0.05) is 11.9 Å². The first-order chi connectivity index (χ1) is 21.3. The Labute approximate surface area is 263 Å². The zero-order valence-corrected chi connectivity index (χ0v) is 26.1. The minimum atomic E-state index is -0.961. The number of hydrogen-bond acceptors (Lipinski definition) is 9. The standard InChI is InChI=1S/C33H31N5O4S2/c1-20(2)15-17-42-24-13-9-12-23(18-24)28-26(29(39)27-21(3)34-25-14-7-8-16-37(25)27)30(40)31(41)38(28)32-35-36-33(44-32)43-19-22-10-5-4-6-11-22/h4-14,16,18,20,28,39H,15,17,19H2,1-3H3. The van der Waals surface area contributed by atoms with E-state index in [0.717, 1.165) is 12.0 Å². The third kappa shape index (κ3) is 5.85. The number of hydrogen-bond donors (Lipinski definition) is 1. The highest BCUT2D eigenvalue weighted by Gasteiger charge is 2.49. The average Bonchev–Trinajstić information content (AvgIpc) is 3.70. The summed E-state index contributed by atoms with van der Waals surface area (Å²) in [5, 5.41) is 20.7. The van der Waals surface area contributed by atoms with Crippen LogP contribution in [0.4, 0.5) is 5.13 Å². The number of benzene rings is 2. The summed E-state index contributed by atoms with van der Waals surface area (Å²) in [4.78, 5) is 33.4. The molecule has 1 unspecified atom stereocenters. The molecule has 4 heterocycles. The van der Waals surface area contributed by atoms with E-state index >= 15 is 0 Å². The molecule has 5 aromatic rings. The third-order valence-corrected chi connectivity index (χ3v) is 9.44. The molecule has 1 aliphatic rings. The summed E-state index contributed by atoms with van der Waals surface area (Å²) in [6, 6.07) is 21.8. The summed E-state index contributed by atoms with van der Waals surface area (Å²) in [6.45, 7) is 6.55. The minimum Gasteiger partial charge on any atom is -0.505 e. The molecule has 44 heavy (non-hydrogen) atoms. The van der Waals surface area contributed by atoms with E-state index in [9.17, 15) is 14.7 Å². The fourth-order valence-electron chi connectivity index (χ4n) is 5.14. The van der Waals surface area contributed by atoms with Crippen molar-refractivity contribution in [3.05, 3.63) is 107 Å². The van der Waals surface area contributed by atoms with Gasteiger partial charge in [-0.3, -0.25) is 18.9 Å². The molecular weight excluding hydrogens is 595 g/mol. The molecule has 1 atom stereocenters. The van der Waals surface area contributed by atoms with Crippen LogP contribution in [0.3, 0.4) is 0 Å². The first-order valence-corrected chi connectivity index (χ1v) is 16.1. The molecule has 1 amide bonds. The topological polar surface area (TPSA) is 110 Å². The van der Waals surface area contributed by atoms with E-state index in [0.29, 0.717) is 51.0 Å². The lowest BCUT2D eigenvalue weighted by Gasteiger charge is -2.23. The fraction of sp³-hybridized carbons (Fsp3) is 0.242. The molecule has 0 saturated carbocycles. The number of carbonyl (C=O) groups excluding carboxylic acids is 2. The number of Topliss-reactive ketones (excluding diaryl/α,β-unsaturated/α-hetero) is 1. The van der Waals surface area contributed by atoms with E-state index in [1.54, 1.807) is 17.5 Å². The highest BCUT2D eigenvalue weighted by Crippen LogP contribution is 2.45. The molecule has 2 aromatic carbocycles.